The zero-order valence-corrected chi connectivity index (χ0v) is 10.9. The lowest BCUT2D eigenvalue weighted by Gasteiger charge is -2.24. The lowest BCUT2D eigenvalue weighted by atomic mass is 10.1. The Morgan fingerprint density at radius 2 is 2.18 bits per heavy atom. The molecule has 0 spiro atoms. The van der Waals surface area contributed by atoms with Crippen LogP contribution in [0.4, 0.5) is 0 Å². The lowest BCUT2D eigenvalue weighted by Crippen LogP contribution is -2.39. The van der Waals surface area contributed by atoms with E-state index in [2.05, 4.69) is 0 Å². The summed E-state index contributed by atoms with van der Waals surface area (Å²) >= 11 is 0. The summed E-state index contributed by atoms with van der Waals surface area (Å²) in [6, 6.07) is 5.47. The molecule has 0 aromatic heterocycles. The number of nitrogens with zero attached hydrogens (tertiary/aromatic N) is 1. The van der Waals surface area contributed by atoms with Gasteiger partial charge in [-0.25, -0.2) is 0 Å². The first-order valence-corrected chi connectivity index (χ1v) is 5.63. The highest BCUT2D eigenvalue weighted by molar-refractivity contribution is 5.94. The van der Waals surface area contributed by atoms with Crippen molar-refractivity contribution in [3.05, 3.63) is 29.3 Å². The van der Waals surface area contributed by atoms with Crippen LogP contribution in [0.5, 0.6) is 5.75 Å². The third-order valence-corrected chi connectivity index (χ3v) is 2.98. The van der Waals surface area contributed by atoms with Crippen LogP contribution < -0.4 is 10.5 Å². The number of hydrogen-bond donors (Lipinski definition) is 1. The fourth-order valence-electron chi connectivity index (χ4n) is 1.51. The normalized spacial score (nSPS) is 12.1. The van der Waals surface area contributed by atoms with Gasteiger partial charge in [-0.15, -0.1) is 0 Å². The summed E-state index contributed by atoms with van der Waals surface area (Å²) in [5.41, 5.74) is 7.18. The van der Waals surface area contributed by atoms with Gasteiger partial charge in [0.1, 0.15) is 5.75 Å². The van der Waals surface area contributed by atoms with E-state index in [1.54, 1.807) is 31.2 Å². The standard InChI is InChI=1S/C13H20N2O2/c1-9-5-6-11(7-12(9)17-4)13(16)15(3)10(2)8-14/h5-7,10H,8,14H2,1-4H3. The van der Waals surface area contributed by atoms with E-state index in [9.17, 15) is 4.79 Å². The number of carbonyl (C=O) groups excluding carboxylic acids is 1. The van der Waals surface area contributed by atoms with Crippen molar-refractivity contribution in [3.63, 3.8) is 0 Å². The molecule has 1 unspecified atom stereocenters. The summed E-state index contributed by atoms with van der Waals surface area (Å²) < 4.78 is 5.21. The van der Waals surface area contributed by atoms with Crippen molar-refractivity contribution in [2.24, 2.45) is 5.73 Å². The number of ether oxygens (including phenoxy) is 1. The molecule has 0 aliphatic rings. The van der Waals surface area contributed by atoms with Gasteiger partial charge in [0.2, 0.25) is 0 Å². The monoisotopic (exact) mass is 236 g/mol. The van der Waals surface area contributed by atoms with Gasteiger partial charge in [0.05, 0.1) is 7.11 Å². The second kappa shape index (κ2) is 5.68. The van der Waals surface area contributed by atoms with Crippen LogP contribution in [0.15, 0.2) is 18.2 Å². The summed E-state index contributed by atoms with van der Waals surface area (Å²) in [5.74, 6) is 0.686. The first-order chi connectivity index (χ1) is 8.01. The van der Waals surface area contributed by atoms with Crippen LogP contribution in [0, 0.1) is 6.92 Å². The lowest BCUT2D eigenvalue weighted by molar-refractivity contribution is 0.0748. The minimum absolute atomic E-state index is 0.0230. The van der Waals surface area contributed by atoms with E-state index >= 15 is 0 Å². The van der Waals surface area contributed by atoms with Crippen molar-refractivity contribution in [2.45, 2.75) is 19.9 Å². The van der Waals surface area contributed by atoms with Gasteiger partial charge in [-0.3, -0.25) is 4.79 Å². The number of methoxy groups -OCH3 is 1. The highest BCUT2D eigenvalue weighted by Crippen LogP contribution is 2.20. The number of rotatable bonds is 4. The average molecular weight is 236 g/mol. The Balaban J connectivity index is 2.96. The summed E-state index contributed by atoms with van der Waals surface area (Å²) in [6.07, 6.45) is 0. The van der Waals surface area contributed by atoms with Crippen molar-refractivity contribution in [1.29, 1.82) is 0 Å². The van der Waals surface area contributed by atoms with Gasteiger partial charge in [-0.2, -0.15) is 0 Å². The van der Waals surface area contributed by atoms with E-state index in [1.165, 1.54) is 0 Å². The third kappa shape index (κ3) is 2.97. The van der Waals surface area contributed by atoms with E-state index in [0.29, 0.717) is 12.1 Å². The molecule has 0 heterocycles. The summed E-state index contributed by atoms with van der Waals surface area (Å²) in [6.45, 7) is 4.31. The number of benzene rings is 1. The van der Waals surface area contributed by atoms with Crippen molar-refractivity contribution in [1.82, 2.24) is 4.90 Å². The van der Waals surface area contributed by atoms with Gasteiger partial charge < -0.3 is 15.4 Å². The topological polar surface area (TPSA) is 55.6 Å². The van der Waals surface area contributed by atoms with Crippen LogP contribution in [0.25, 0.3) is 0 Å². The van der Waals surface area contributed by atoms with Gasteiger partial charge in [0, 0.05) is 25.2 Å². The van der Waals surface area contributed by atoms with Crippen LogP contribution in [-0.4, -0.2) is 37.6 Å². The van der Waals surface area contributed by atoms with Crippen LogP contribution in [0.2, 0.25) is 0 Å². The Kier molecular flexibility index (Phi) is 4.52. The van der Waals surface area contributed by atoms with E-state index < -0.39 is 0 Å². The van der Waals surface area contributed by atoms with Crippen molar-refractivity contribution < 1.29 is 9.53 Å². The number of amides is 1. The molecule has 1 aromatic carbocycles. The maximum atomic E-state index is 12.1. The van der Waals surface area contributed by atoms with Gasteiger partial charge >= 0.3 is 0 Å². The molecule has 0 saturated carbocycles. The van der Waals surface area contributed by atoms with Crippen LogP contribution in [-0.2, 0) is 0 Å². The Labute approximate surface area is 102 Å². The van der Waals surface area contributed by atoms with Gasteiger partial charge in [-0.1, -0.05) is 6.07 Å². The number of nitrogens with two attached hydrogens (primary N) is 1. The minimum Gasteiger partial charge on any atom is -0.496 e. The molecule has 0 saturated heterocycles. The van der Waals surface area contributed by atoms with E-state index in [1.807, 2.05) is 19.9 Å². The number of aryl methyl sites for hydroxylation is 1. The molecule has 17 heavy (non-hydrogen) atoms. The Morgan fingerprint density at radius 1 is 1.53 bits per heavy atom. The first-order valence-electron chi connectivity index (χ1n) is 5.63. The maximum absolute atomic E-state index is 12.1. The molecule has 1 aromatic rings. The SMILES string of the molecule is COc1cc(C(=O)N(C)C(C)CN)ccc1C. The number of carbonyl (C=O) groups is 1. The Hall–Kier alpha value is -1.55. The van der Waals surface area contributed by atoms with Crippen LogP contribution in [0.1, 0.15) is 22.8 Å². The fraction of sp³-hybridized carbons (Fsp3) is 0.462. The summed E-state index contributed by atoms with van der Waals surface area (Å²) in [4.78, 5) is 13.8. The molecule has 0 aliphatic carbocycles. The molecular weight excluding hydrogens is 216 g/mol. The molecular formula is C13H20N2O2. The molecule has 0 radical (unpaired) electrons. The zero-order chi connectivity index (χ0) is 13.0. The predicted octanol–water partition coefficient (Wildman–Crippen LogP) is 1.42. The van der Waals surface area contributed by atoms with E-state index in [0.717, 1.165) is 11.3 Å². The first kappa shape index (κ1) is 13.5. The van der Waals surface area contributed by atoms with E-state index in [-0.39, 0.29) is 11.9 Å². The molecule has 1 rings (SSSR count). The quantitative estimate of drug-likeness (QED) is 0.860. The smallest absolute Gasteiger partial charge is 0.254 e. The largest absolute Gasteiger partial charge is 0.496 e. The molecule has 0 bridgehead atoms. The molecule has 4 nitrogen and oxygen atoms in total. The van der Waals surface area contributed by atoms with Crippen molar-refractivity contribution >= 4 is 5.91 Å². The molecule has 0 fully saturated rings. The van der Waals surface area contributed by atoms with Crippen LogP contribution >= 0.6 is 0 Å². The molecule has 94 valence electrons. The number of likely N-dealkylation sites (N-methyl/N-ethyl adjacent to an activating group) is 1. The van der Waals surface area contributed by atoms with E-state index in [4.69, 9.17) is 10.5 Å². The highest BCUT2D eigenvalue weighted by Gasteiger charge is 2.17. The molecule has 1 atom stereocenters. The molecule has 1 amide bonds. The summed E-state index contributed by atoms with van der Waals surface area (Å²) in [7, 11) is 3.36. The summed E-state index contributed by atoms with van der Waals surface area (Å²) in [5, 5.41) is 0. The second-order valence-electron chi connectivity index (χ2n) is 4.19. The highest BCUT2D eigenvalue weighted by atomic mass is 16.5. The molecule has 2 N–H and O–H groups in total. The third-order valence-electron chi connectivity index (χ3n) is 2.98. The van der Waals surface area contributed by atoms with Crippen molar-refractivity contribution in [3.8, 4) is 5.75 Å². The van der Waals surface area contributed by atoms with Gasteiger partial charge in [0.25, 0.3) is 5.91 Å². The maximum Gasteiger partial charge on any atom is 0.254 e. The van der Waals surface area contributed by atoms with Gasteiger partial charge in [-0.05, 0) is 31.5 Å². The molecule has 4 heteroatoms. The fourth-order valence-corrected chi connectivity index (χ4v) is 1.51. The predicted molar refractivity (Wildman–Crippen MR) is 68.3 cm³/mol. The average Bonchev–Trinajstić information content (AvgIpc) is 2.36. The number of hydrogen-bond acceptors (Lipinski definition) is 3. The molecule has 0 aliphatic heterocycles. The van der Waals surface area contributed by atoms with Crippen molar-refractivity contribution in [2.75, 3.05) is 20.7 Å². The second-order valence-corrected chi connectivity index (χ2v) is 4.19. The minimum atomic E-state index is -0.0405. The Morgan fingerprint density at radius 3 is 2.71 bits per heavy atom. The van der Waals surface area contributed by atoms with Gasteiger partial charge in [0.15, 0.2) is 0 Å². The Bertz CT molecular complexity index is 404. The zero-order valence-electron chi connectivity index (χ0n) is 10.9. The van der Waals surface area contributed by atoms with Crippen LogP contribution in [0.3, 0.4) is 0 Å².